The Morgan fingerprint density at radius 3 is 2.61 bits per heavy atom. The zero-order chi connectivity index (χ0) is 16.1. The molecule has 1 aromatic carbocycles. The molecule has 1 aliphatic carbocycles. The van der Waals surface area contributed by atoms with E-state index in [-0.39, 0.29) is 5.91 Å². The summed E-state index contributed by atoms with van der Waals surface area (Å²) in [6, 6.07) is 8.06. The molecule has 1 aliphatic heterocycles. The monoisotopic (exact) mass is 316 g/mol. The maximum atomic E-state index is 12.3. The van der Waals surface area contributed by atoms with Crippen LogP contribution in [0.2, 0.25) is 0 Å². The molecule has 1 N–H and O–H groups in total. The van der Waals surface area contributed by atoms with Crippen molar-refractivity contribution in [1.29, 1.82) is 0 Å². The molecule has 4 heteroatoms. The molecule has 2 aliphatic rings. The second-order valence-electron chi connectivity index (χ2n) is 6.68. The first-order chi connectivity index (χ1) is 11.3. The second-order valence-corrected chi connectivity index (χ2v) is 6.68. The Morgan fingerprint density at radius 1 is 1.17 bits per heavy atom. The lowest BCUT2D eigenvalue weighted by molar-refractivity contribution is 0.0941. The summed E-state index contributed by atoms with van der Waals surface area (Å²) in [5.41, 5.74) is 0.713. The van der Waals surface area contributed by atoms with E-state index in [2.05, 4.69) is 17.1 Å². The molecule has 2 fully saturated rings. The van der Waals surface area contributed by atoms with Crippen LogP contribution in [0.15, 0.2) is 24.3 Å². The summed E-state index contributed by atoms with van der Waals surface area (Å²) in [6.45, 7) is 5.15. The molecule has 1 heterocycles. The van der Waals surface area contributed by atoms with Gasteiger partial charge in [0.2, 0.25) is 0 Å². The number of nitrogens with one attached hydrogen (secondary N) is 1. The largest absolute Gasteiger partial charge is 0.490 e. The van der Waals surface area contributed by atoms with E-state index in [1.54, 1.807) is 0 Å². The number of ether oxygens (including phenoxy) is 1. The molecule has 0 radical (unpaired) electrons. The SMILES string of the molecule is CCN1CCCC1CNC(=O)c1ccc(OC2CCCC2)cc1. The molecule has 126 valence electrons. The Balaban J connectivity index is 1.49. The number of hydrogen-bond acceptors (Lipinski definition) is 3. The van der Waals surface area contributed by atoms with Gasteiger partial charge in [0, 0.05) is 18.2 Å². The summed E-state index contributed by atoms with van der Waals surface area (Å²) >= 11 is 0. The summed E-state index contributed by atoms with van der Waals surface area (Å²) in [7, 11) is 0. The lowest BCUT2D eigenvalue weighted by atomic mass is 10.2. The van der Waals surface area contributed by atoms with Gasteiger partial charge in [-0.25, -0.2) is 0 Å². The van der Waals surface area contributed by atoms with Gasteiger partial charge in [-0.3, -0.25) is 9.69 Å². The minimum absolute atomic E-state index is 0.0142. The third kappa shape index (κ3) is 4.25. The minimum Gasteiger partial charge on any atom is -0.490 e. The van der Waals surface area contributed by atoms with Crippen LogP contribution in [0, 0.1) is 0 Å². The van der Waals surface area contributed by atoms with E-state index in [4.69, 9.17) is 4.74 Å². The highest BCUT2D eigenvalue weighted by Crippen LogP contribution is 2.24. The highest BCUT2D eigenvalue weighted by atomic mass is 16.5. The summed E-state index contributed by atoms with van der Waals surface area (Å²) in [5.74, 6) is 0.891. The van der Waals surface area contributed by atoms with Gasteiger partial charge in [0.25, 0.3) is 5.91 Å². The standard InChI is InChI=1S/C19H28N2O2/c1-2-21-13-5-6-16(21)14-20-19(22)15-9-11-18(12-10-15)23-17-7-3-4-8-17/h9-12,16-17H,2-8,13-14H2,1H3,(H,20,22). The Morgan fingerprint density at radius 2 is 1.91 bits per heavy atom. The number of carbonyl (C=O) groups is 1. The summed E-state index contributed by atoms with van der Waals surface area (Å²) in [4.78, 5) is 14.7. The van der Waals surface area contributed by atoms with Crippen LogP contribution < -0.4 is 10.1 Å². The second kappa shape index (κ2) is 7.82. The molecule has 1 saturated heterocycles. The van der Waals surface area contributed by atoms with Crippen LogP contribution in [0.25, 0.3) is 0 Å². The Hall–Kier alpha value is -1.55. The van der Waals surface area contributed by atoms with E-state index in [0.29, 0.717) is 17.7 Å². The predicted molar refractivity (Wildman–Crippen MR) is 91.9 cm³/mol. The summed E-state index contributed by atoms with van der Waals surface area (Å²) < 4.78 is 5.94. The van der Waals surface area contributed by atoms with E-state index in [0.717, 1.165) is 38.2 Å². The van der Waals surface area contributed by atoms with Gasteiger partial charge in [0.15, 0.2) is 0 Å². The molecular weight excluding hydrogens is 288 g/mol. The van der Waals surface area contributed by atoms with Crippen LogP contribution in [0.5, 0.6) is 5.75 Å². The lowest BCUT2D eigenvalue weighted by Crippen LogP contribution is -2.40. The van der Waals surface area contributed by atoms with E-state index in [1.807, 2.05) is 24.3 Å². The highest BCUT2D eigenvalue weighted by molar-refractivity contribution is 5.94. The smallest absolute Gasteiger partial charge is 0.251 e. The highest BCUT2D eigenvalue weighted by Gasteiger charge is 2.23. The first-order valence-electron chi connectivity index (χ1n) is 9.05. The molecule has 1 amide bonds. The maximum Gasteiger partial charge on any atom is 0.251 e. The molecule has 1 saturated carbocycles. The molecule has 1 aromatic rings. The van der Waals surface area contributed by atoms with Crippen LogP contribution in [0.4, 0.5) is 0 Å². The van der Waals surface area contributed by atoms with Gasteiger partial charge >= 0.3 is 0 Å². The van der Waals surface area contributed by atoms with Crippen molar-refractivity contribution in [3.63, 3.8) is 0 Å². The average molecular weight is 316 g/mol. The molecule has 0 spiro atoms. The van der Waals surface area contributed by atoms with E-state index >= 15 is 0 Å². The number of likely N-dealkylation sites (tertiary alicyclic amines) is 1. The minimum atomic E-state index is 0.0142. The topological polar surface area (TPSA) is 41.6 Å². The molecule has 0 bridgehead atoms. The van der Waals surface area contributed by atoms with Crippen molar-refractivity contribution in [2.24, 2.45) is 0 Å². The van der Waals surface area contributed by atoms with Crippen molar-refractivity contribution in [2.45, 2.75) is 57.6 Å². The van der Waals surface area contributed by atoms with Gasteiger partial charge in [-0.05, 0) is 75.9 Å². The molecule has 1 unspecified atom stereocenters. The predicted octanol–water partition coefficient (Wildman–Crippen LogP) is 3.22. The quantitative estimate of drug-likeness (QED) is 0.876. The van der Waals surface area contributed by atoms with Gasteiger partial charge in [-0.1, -0.05) is 6.92 Å². The molecule has 0 aromatic heterocycles. The van der Waals surface area contributed by atoms with Gasteiger partial charge in [-0.2, -0.15) is 0 Å². The lowest BCUT2D eigenvalue weighted by Gasteiger charge is -2.22. The first kappa shape index (κ1) is 16.3. The van der Waals surface area contributed by atoms with Crippen molar-refractivity contribution < 1.29 is 9.53 Å². The van der Waals surface area contributed by atoms with Crippen molar-refractivity contribution in [1.82, 2.24) is 10.2 Å². The summed E-state index contributed by atoms with van der Waals surface area (Å²) in [5, 5.41) is 3.08. The van der Waals surface area contributed by atoms with Crippen LogP contribution in [-0.4, -0.2) is 42.6 Å². The van der Waals surface area contributed by atoms with Crippen molar-refractivity contribution in [3.8, 4) is 5.75 Å². The number of nitrogens with zero attached hydrogens (tertiary/aromatic N) is 1. The molecule has 4 nitrogen and oxygen atoms in total. The number of benzene rings is 1. The third-order valence-electron chi connectivity index (χ3n) is 5.12. The van der Waals surface area contributed by atoms with Gasteiger partial charge in [0.05, 0.1) is 6.10 Å². The van der Waals surface area contributed by atoms with E-state index in [1.165, 1.54) is 25.7 Å². The van der Waals surface area contributed by atoms with Crippen LogP contribution >= 0.6 is 0 Å². The average Bonchev–Trinajstić information content (AvgIpc) is 3.24. The molecule has 23 heavy (non-hydrogen) atoms. The number of carbonyl (C=O) groups excluding carboxylic acids is 1. The van der Waals surface area contributed by atoms with Gasteiger partial charge < -0.3 is 10.1 Å². The van der Waals surface area contributed by atoms with E-state index < -0.39 is 0 Å². The van der Waals surface area contributed by atoms with Crippen LogP contribution in [0.1, 0.15) is 55.8 Å². The van der Waals surface area contributed by atoms with Crippen molar-refractivity contribution in [2.75, 3.05) is 19.6 Å². The Bertz CT molecular complexity index is 509. The number of hydrogen-bond donors (Lipinski definition) is 1. The van der Waals surface area contributed by atoms with Crippen molar-refractivity contribution >= 4 is 5.91 Å². The fourth-order valence-corrected chi connectivity index (χ4v) is 3.74. The zero-order valence-electron chi connectivity index (χ0n) is 14.1. The van der Waals surface area contributed by atoms with E-state index in [9.17, 15) is 4.79 Å². The molecule has 1 atom stereocenters. The number of likely N-dealkylation sites (N-methyl/N-ethyl adjacent to an activating group) is 1. The normalized spacial score (nSPS) is 22.4. The number of amides is 1. The van der Waals surface area contributed by atoms with Crippen molar-refractivity contribution in [3.05, 3.63) is 29.8 Å². The molecule has 3 rings (SSSR count). The fourth-order valence-electron chi connectivity index (χ4n) is 3.74. The first-order valence-corrected chi connectivity index (χ1v) is 9.05. The molecular formula is C19H28N2O2. The number of rotatable bonds is 6. The Kier molecular flexibility index (Phi) is 5.55. The van der Waals surface area contributed by atoms with Gasteiger partial charge in [0.1, 0.15) is 5.75 Å². The Labute approximate surface area is 139 Å². The van der Waals surface area contributed by atoms with Crippen LogP contribution in [-0.2, 0) is 0 Å². The summed E-state index contributed by atoms with van der Waals surface area (Å²) in [6.07, 6.45) is 7.61. The maximum absolute atomic E-state index is 12.3. The zero-order valence-corrected chi connectivity index (χ0v) is 14.1. The van der Waals surface area contributed by atoms with Gasteiger partial charge in [-0.15, -0.1) is 0 Å². The van der Waals surface area contributed by atoms with Crippen LogP contribution in [0.3, 0.4) is 0 Å². The third-order valence-corrected chi connectivity index (χ3v) is 5.12. The fraction of sp³-hybridized carbons (Fsp3) is 0.632.